The Balaban J connectivity index is 2.16. The van der Waals surface area contributed by atoms with Crippen molar-refractivity contribution >= 4 is 11.6 Å². The van der Waals surface area contributed by atoms with Gasteiger partial charge < -0.3 is 4.74 Å². The molecule has 0 fully saturated rings. The number of nitrogens with zero attached hydrogens (tertiary/aromatic N) is 2. The molecule has 20 heavy (non-hydrogen) atoms. The van der Waals surface area contributed by atoms with Crippen molar-refractivity contribution in [3.63, 3.8) is 0 Å². The van der Waals surface area contributed by atoms with Crippen LogP contribution in [-0.4, -0.2) is 16.6 Å². The van der Waals surface area contributed by atoms with E-state index in [2.05, 4.69) is 9.97 Å². The first-order valence-electron chi connectivity index (χ1n) is 5.82. The number of ether oxygens (including phenoxy) is 1. The van der Waals surface area contributed by atoms with E-state index >= 15 is 0 Å². The van der Waals surface area contributed by atoms with Gasteiger partial charge in [-0.25, -0.2) is 9.97 Å². The zero-order valence-corrected chi connectivity index (χ0v) is 10.8. The molecule has 0 saturated heterocycles. The summed E-state index contributed by atoms with van der Waals surface area (Å²) in [6, 6.07) is 6.59. The van der Waals surface area contributed by atoms with E-state index in [0.29, 0.717) is 17.9 Å². The Morgan fingerprint density at radius 1 is 1.20 bits per heavy atom. The lowest BCUT2D eigenvalue weighted by Gasteiger charge is -2.10. The van der Waals surface area contributed by atoms with Crippen molar-refractivity contribution in [2.24, 2.45) is 0 Å². The van der Waals surface area contributed by atoms with E-state index in [1.807, 2.05) is 6.07 Å². The Morgan fingerprint density at radius 3 is 2.75 bits per heavy atom. The molecular formula is C13H8ClF3N2O. The summed E-state index contributed by atoms with van der Waals surface area (Å²) >= 11 is 5.66. The highest BCUT2D eigenvalue weighted by Crippen LogP contribution is 2.37. The van der Waals surface area contributed by atoms with Gasteiger partial charge in [-0.3, -0.25) is 0 Å². The fourth-order valence-electron chi connectivity index (χ4n) is 2.10. The van der Waals surface area contributed by atoms with E-state index < -0.39 is 12.0 Å². The summed E-state index contributed by atoms with van der Waals surface area (Å²) in [7, 11) is 0. The third-order valence-corrected chi connectivity index (χ3v) is 3.13. The largest absolute Gasteiger partial charge is 0.492 e. The predicted octanol–water partition coefficient (Wildman–Crippen LogP) is 3.75. The van der Waals surface area contributed by atoms with Crippen molar-refractivity contribution in [1.82, 2.24) is 9.97 Å². The minimum atomic E-state index is -4.64. The minimum Gasteiger partial charge on any atom is -0.492 e. The molecule has 2 heterocycles. The molecule has 3 rings (SSSR count). The van der Waals surface area contributed by atoms with Crippen molar-refractivity contribution in [3.05, 3.63) is 40.8 Å². The minimum absolute atomic E-state index is 0.107. The fourth-order valence-corrected chi connectivity index (χ4v) is 2.28. The molecule has 0 unspecified atom stereocenters. The van der Waals surface area contributed by atoms with E-state index in [4.69, 9.17) is 16.3 Å². The highest BCUT2D eigenvalue weighted by atomic mass is 35.5. The molecule has 1 aromatic carbocycles. The number of hydrogen-bond donors (Lipinski definition) is 0. The maximum absolute atomic E-state index is 12.7. The molecule has 0 radical (unpaired) electrons. The summed E-state index contributed by atoms with van der Waals surface area (Å²) in [5.74, 6) is -0.689. The van der Waals surface area contributed by atoms with Gasteiger partial charge in [0.1, 0.15) is 10.9 Å². The Kier molecular flexibility index (Phi) is 3.05. The van der Waals surface area contributed by atoms with Gasteiger partial charge in [0.25, 0.3) is 0 Å². The lowest BCUT2D eigenvalue weighted by atomic mass is 10.1. The van der Waals surface area contributed by atoms with Crippen LogP contribution >= 0.6 is 11.6 Å². The summed E-state index contributed by atoms with van der Waals surface area (Å²) in [6.07, 6.45) is -3.91. The van der Waals surface area contributed by atoms with Gasteiger partial charge in [0, 0.05) is 18.1 Å². The highest BCUT2D eigenvalue weighted by molar-refractivity contribution is 6.29. The third-order valence-electron chi connectivity index (χ3n) is 2.94. The first-order chi connectivity index (χ1) is 9.45. The highest BCUT2D eigenvalue weighted by Gasteiger charge is 2.35. The number of hydrogen-bond acceptors (Lipinski definition) is 3. The average Bonchev–Trinajstić information content (AvgIpc) is 2.84. The van der Waals surface area contributed by atoms with Gasteiger partial charge in [-0.1, -0.05) is 23.7 Å². The second kappa shape index (κ2) is 4.63. The summed E-state index contributed by atoms with van der Waals surface area (Å²) < 4.78 is 43.6. The van der Waals surface area contributed by atoms with E-state index in [9.17, 15) is 13.2 Å². The number of para-hydroxylation sites is 1. The van der Waals surface area contributed by atoms with Gasteiger partial charge in [0.2, 0.25) is 5.82 Å². The maximum atomic E-state index is 12.7. The number of fused-ring (bicyclic) bond motifs is 1. The monoisotopic (exact) mass is 300 g/mol. The molecule has 0 spiro atoms. The van der Waals surface area contributed by atoms with Crippen LogP contribution in [0.2, 0.25) is 5.15 Å². The van der Waals surface area contributed by atoms with Gasteiger partial charge in [-0.05, 0) is 11.6 Å². The molecule has 0 amide bonds. The zero-order valence-electron chi connectivity index (χ0n) is 10.0. The molecule has 1 aliphatic heterocycles. The average molecular weight is 301 g/mol. The van der Waals surface area contributed by atoms with E-state index in [-0.39, 0.29) is 10.8 Å². The Hall–Kier alpha value is -1.82. The van der Waals surface area contributed by atoms with E-state index in [1.54, 1.807) is 12.1 Å². The third kappa shape index (κ3) is 2.31. The Labute approximate surface area is 117 Å². The molecule has 3 nitrogen and oxygen atoms in total. The summed E-state index contributed by atoms with van der Waals surface area (Å²) in [6.45, 7) is 0.511. The van der Waals surface area contributed by atoms with Crippen molar-refractivity contribution in [2.75, 3.05) is 6.61 Å². The van der Waals surface area contributed by atoms with Crippen LogP contribution in [0.15, 0.2) is 24.3 Å². The van der Waals surface area contributed by atoms with Crippen LogP contribution in [0, 0.1) is 0 Å². The van der Waals surface area contributed by atoms with Crippen molar-refractivity contribution < 1.29 is 17.9 Å². The molecule has 7 heteroatoms. The van der Waals surface area contributed by atoms with E-state index in [0.717, 1.165) is 12.0 Å². The van der Waals surface area contributed by atoms with Gasteiger partial charge in [0.15, 0.2) is 0 Å². The molecule has 0 N–H and O–H groups in total. The number of aromatic nitrogens is 2. The first-order valence-corrected chi connectivity index (χ1v) is 6.20. The van der Waals surface area contributed by atoms with Crippen LogP contribution < -0.4 is 4.74 Å². The van der Waals surface area contributed by atoms with Gasteiger partial charge >= 0.3 is 6.18 Å². The number of halogens is 4. The first kappa shape index (κ1) is 13.2. The van der Waals surface area contributed by atoms with Gasteiger partial charge in [0.05, 0.1) is 12.3 Å². The van der Waals surface area contributed by atoms with Gasteiger partial charge in [-0.15, -0.1) is 0 Å². The summed E-state index contributed by atoms with van der Waals surface area (Å²) in [5, 5.41) is -0.252. The Morgan fingerprint density at radius 2 is 2.00 bits per heavy atom. The molecule has 2 aromatic rings. The molecule has 1 aromatic heterocycles. The molecule has 0 atom stereocenters. The fraction of sp³-hybridized carbons (Fsp3) is 0.231. The molecule has 1 aliphatic rings. The zero-order chi connectivity index (χ0) is 14.3. The van der Waals surface area contributed by atoms with Crippen LogP contribution in [0.3, 0.4) is 0 Å². The lowest BCUT2D eigenvalue weighted by Crippen LogP contribution is -2.11. The summed E-state index contributed by atoms with van der Waals surface area (Å²) in [5.41, 5.74) is 1.55. The van der Waals surface area contributed by atoms with Crippen LogP contribution in [0.4, 0.5) is 13.2 Å². The van der Waals surface area contributed by atoms with Crippen LogP contribution in [0.1, 0.15) is 11.4 Å². The molecule has 0 aliphatic carbocycles. The SMILES string of the molecule is FC(F)(F)c1nc(Cl)cc(-c2cccc3c2OCC3)n1. The van der Waals surface area contributed by atoms with Crippen molar-refractivity contribution in [3.8, 4) is 17.0 Å². The van der Waals surface area contributed by atoms with Crippen LogP contribution in [0.25, 0.3) is 11.3 Å². The quantitative estimate of drug-likeness (QED) is 0.752. The van der Waals surface area contributed by atoms with E-state index in [1.165, 1.54) is 6.07 Å². The smallest absolute Gasteiger partial charge is 0.451 e. The molecule has 0 bridgehead atoms. The number of alkyl halides is 3. The van der Waals surface area contributed by atoms with Gasteiger partial charge in [-0.2, -0.15) is 13.2 Å². The molecular weight excluding hydrogens is 293 g/mol. The molecule has 0 saturated carbocycles. The second-order valence-electron chi connectivity index (χ2n) is 4.29. The normalized spacial score (nSPS) is 14.0. The standard InChI is InChI=1S/C13H8ClF3N2O/c14-10-6-9(18-12(19-10)13(15,16)17)8-3-1-2-7-4-5-20-11(7)8/h1-3,6H,4-5H2. The maximum Gasteiger partial charge on any atom is 0.451 e. The van der Waals surface area contributed by atoms with Crippen LogP contribution in [0.5, 0.6) is 5.75 Å². The summed E-state index contributed by atoms with van der Waals surface area (Å²) in [4.78, 5) is 6.76. The van der Waals surface area contributed by atoms with Crippen molar-refractivity contribution in [2.45, 2.75) is 12.6 Å². The number of rotatable bonds is 1. The Bertz CT molecular complexity index is 673. The second-order valence-corrected chi connectivity index (χ2v) is 4.68. The predicted molar refractivity (Wildman–Crippen MR) is 66.7 cm³/mol. The lowest BCUT2D eigenvalue weighted by molar-refractivity contribution is -0.144. The van der Waals surface area contributed by atoms with Crippen molar-refractivity contribution in [1.29, 1.82) is 0 Å². The van der Waals surface area contributed by atoms with Crippen LogP contribution in [-0.2, 0) is 12.6 Å². The number of benzene rings is 1. The molecule has 104 valence electrons. The topological polar surface area (TPSA) is 35.0 Å².